The second-order valence-corrected chi connectivity index (χ2v) is 9.67. The zero-order chi connectivity index (χ0) is 19.0. The first-order chi connectivity index (χ1) is 11.8. The number of hydrogen-bond donors (Lipinski definition) is 1. The van der Waals surface area contributed by atoms with Crippen LogP contribution in [-0.4, -0.2) is 54.6 Å². The summed E-state index contributed by atoms with van der Waals surface area (Å²) in [5, 5.41) is 2.04. The topological polar surface area (TPSA) is 103 Å². The molecule has 0 heterocycles. The van der Waals surface area contributed by atoms with Gasteiger partial charge in [0.25, 0.3) is 20.2 Å². The molecule has 0 aromatic rings. The Morgan fingerprint density at radius 1 is 0.654 bits per heavy atom. The van der Waals surface area contributed by atoms with Gasteiger partial charge >= 0.3 is 0 Å². The highest BCUT2D eigenvalue weighted by Crippen LogP contribution is 2.03. The van der Waals surface area contributed by atoms with Crippen LogP contribution >= 0.6 is 0 Å². The van der Waals surface area contributed by atoms with Gasteiger partial charge in [0.1, 0.15) is 13.2 Å². The highest BCUT2D eigenvalue weighted by atomic mass is 35.5. The molecular weight excluding hydrogens is 402 g/mol. The van der Waals surface area contributed by atoms with Gasteiger partial charge in [0, 0.05) is 0 Å². The van der Waals surface area contributed by atoms with E-state index in [1.165, 1.54) is 0 Å². The summed E-state index contributed by atoms with van der Waals surface area (Å²) in [4.78, 5) is 0. The Morgan fingerprint density at radius 3 is 1.69 bits per heavy atom. The highest BCUT2D eigenvalue weighted by Gasteiger charge is 2.10. The molecule has 0 spiro atoms. The highest BCUT2D eigenvalue weighted by molar-refractivity contribution is 7.86. The van der Waals surface area contributed by atoms with Crippen LogP contribution in [0.4, 0.5) is 0 Å². The van der Waals surface area contributed by atoms with E-state index in [1.54, 1.807) is 0 Å². The van der Waals surface area contributed by atoms with Crippen molar-refractivity contribution in [1.82, 2.24) is 0 Å². The standard InChI is InChI=1S/C16H35NO6S2.ClH/c1-3-5-15-24(18,19)22-13-10-8-7-9-11-17-12-14-23-25(20,21)16-6-4-2;/h17H,3-16H2,1-2H3;1H. The van der Waals surface area contributed by atoms with Crippen molar-refractivity contribution in [3.8, 4) is 0 Å². The van der Waals surface area contributed by atoms with Crippen molar-refractivity contribution in [1.29, 1.82) is 0 Å². The van der Waals surface area contributed by atoms with Gasteiger partial charge in [0.2, 0.25) is 0 Å². The Labute approximate surface area is 166 Å². The second-order valence-electron chi connectivity index (χ2n) is 6.15. The summed E-state index contributed by atoms with van der Waals surface area (Å²) in [6, 6.07) is 0. The molecule has 0 amide bonds. The SMILES string of the molecule is CCCCS(=O)(=O)OCCCCCC[NH2+]CCOS(=O)(=O)CCCC.[Cl-]. The summed E-state index contributed by atoms with van der Waals surface area (Å²) < 4.78 is 55.7. The first-order valence-corrected chi connectivity index (χ1v) is 12.5. The van der Waals surface area contributed by atoms with Gasteiger partial charge in [0.05, 0.1) is 24.7 Å². The molecule has 10 heteroatoms. The Morgan fingerprint density at radius 2 is 1.15 bits per heavy atom. The molecule has 2 N–H and O–H groups in total. The lowest BCUT2D eigenvalue weighted by Gasteiger charge is -2.06. The Balaban J connectivity index is 0. The molecule has 0 saturated carbocycles. The second kappa shape index (κ2) is 17.2. The number of nitrogens with two attached hydrogens (primary N) is 1. The van der Waals surface area contributed by atoms with E-state index in [2.05, 4.69) is 0 Å². The number of rotatable bonds is 18. The minimum Gasteiger partial charge on any atom is -1.00 e. The predicted molar refractivity (Wildman–Crippen MR) is 99.4 cm³/mol. The van der Waals surface area contributed by atoms with Gasteiger partial charge in [-0.25, -0.2) is 0 Å². The van der Waals surface area contributed by atoms with E-state index in [0.717, 1.165) is 45.1 Å². The third-order valence-corrected chi connectivity index (χ3v) is 6.28. The quantitative estimate of drug-likeness (QED) is 0.205. The molecule has 0 fully saturated rings. The molecule has 0 radical (unpaired) electrons. The number of quaternary nitrogens is 1. The maximum Gasteiger partial charge on any atom is 0.267 e. The third kappa shape index (κ3) is 18.8. The zero-order valence-corrected chi connectivity index (χ0v) is 18.5. The largest absolute Gasteiger partial charge is 1.00 e. The van der Waals surface area contributed by atoms with Crippen LogP contribution in [0.3, 0.4) is 0 Å². The van der Waals surface area contributed by atoms with Crippen molar-refractivity contribution in [3.63, 3.8) is 0 Å². The third-order valence-electron chi connectivity index (χ3n) is 3.65. The zero-order valence-electron chi connectivity index (χ0n) is 16.1. The molecule has 7 nitrogen and oxygen atoms in total. The number of halogens is 1. The van der Waals surface area contributed by atoms with Gasteiger partial charge in [-0.15, -0.1) is 0 Å². The predicted octanol–water partition coefficient (Wildman–Crippen LogP) is -1.59. The van der Waals surface area contributed by atoms with Crippen LogP contribution < -0.4 is 17.7 Å². The summed E-state index contributed by atoms with van der Waals surface area (Å²) in [6.07, 6.45) is 6.63. The fourth-order valence-electron chi connectivity index (χ4n) is 2.09. The minimum absolute atomic E-state index is 0. The first kappa shape index (κ1) is 28.3. The Kier molecular flexibility index (Phi) is 18.7. The molecule has 26 heavy (non-hydrogen) atoms. The maximum absolute atomic E-state index is 11.5. The van der Waals surface area contributed by atoms with Crippen LogP contribution in [0.1, 0.15) is 65.2 Å². The Hall–Kier alpha value is 0.0700. The fraction of sp³-hybridized carbons (Fsp3) is 1.00. The average molecular weight is 438 g/mol. The first-order valence-electron chi connectivity index (χ1n) is 9.39. The van der Waals surface area contributed by atoms with Crippen LogP contribution in [0, 0.1) is 0 Å². The lowest BCUT2D eigenvalue weighted by Crippen LogP contribution is -3.00. The summed E-state index contributed by atoms with van der Waals surface area (Å²) in [5.74, 6) is 0.203. The van der Waals surface area contributed by atoms with E-state index in [1.807, 2.05) is 19.2 Å². The Bertz CT molecular complexity index is 465. The molecule has 0 aromatic heterocycles. The van der Waals surface area contributed by atoms with Gasteiger partial charge in [0.15, 0.2) is 0 Å². The molecule has 0 rings (SSSR count). The summed E-state index contributed by atoms with van der Waals surface area (Å²) in [5.41, 5.74) is 0. The monoisotopic (exact) mass is 437 g/mol. The molecule has 0 unspecified atom stereocenters. The minimum atomic E-state index is -3.35. The van der Waals surface area contributed by atoms with Crippen molar-refractivity contribution in [2.45, 2.75) is 65.2 Å². The van der Waals surface area contributed by atoms with Crippen LogP contribution in [0.15, 0.2) is 0 Å². The molecule has 0 saturated heterocycles. The molecule has 160 valence electrons. The van der Waals surface area contributed by atoms with Crippen molar-refractivity contribution in [3.05, 3.63) is 0 Å². The lowest BCUT2D eigenvalue weighted by atomic mass is 10.2. The summed E-state index contributed by atoms with van der Waals surface area (Å²) in [7, 11) is -6.69. The van der Waals surface area contributed by atoms with Crippen molar-refractivity contribution in [2.24, 2.45) is 0 Å². The number of hydrogen-bond acceptors (Lipinski definition) is 6. The lowest BCUT2D eigenvalue weighted by molar-refractivity contribution is -0.655. The summed E-state index contributed by atoms with van der Waals surface area (Å²) >= 11 is 0. The van der Waals surface area contributed by atoms with Gasteiger partial charge < -0.3 is 17.7 Å². The van der Waals surface area contributed by atoms with E-state index in [4.69, 9.17) is 8.37 Å². The van der Waals surface area contributed by atoms with E-state index >= 15 is 0 Å². The van der Waals surface area contributed by atoms with Crippen LogP contribution in [-0.2, 0) is 28.6 Å². The van der Waals surface area contributed by atoms with Crippen LogP contribution in [0.2, 0.25) is 0 Å². The van der Waals surface area contributed by atoms with Gasteiger partial charge in [-0.05, 0) is 32.1 Å². The summed E-state index contributed by atoms with van der Waals surface area (Å²) in [6.45, 7) is 5.91. The van der Waals surface area contributed by atoms with E-state index in [-0.39, 0.29) is 37.1 Å². The van der Waals surface area contributed by atoms with Gasteiger partial charge in [-0.3, -0.25) is 8.37 Å². The maximum atomic E-state index is 11.5. The number of unbranched alkanes of at least 4 members (excludes halogenated alkanes) is 5. The fourth-order valence-corrected chi connectivity index (χ4v) is 4.34. The molecular formula is C16H36ClNO6S2. The molecule has 0 aliphatic rings. The molecule has 0 aliphatic heterocycles. The normalized spacial score (nSPS) is 12.1. The van der Waals surface area contributed by atoms with E-state index < -0.39 is 20.2 Å². The van der Waals surface area contributed by atoms with Gasteiger partial charge in [-0.2, -0.15) is 16.8 Å². The van der Waals surface area contributed by atoms with Crippen LogP contribution in [0.25, 0.3) is 0 Å². The smallest absolute Gasteiger partial charge is 0.267 e. The molecule has 0 aliphatic carbocycles. The van der Waals surface area contributed by atoms with Crippen molar-refractivity contribution in [2.75, 3.05) is 37.8 Å². The molecule has 0 atom stereocenters. The van der Waals surface area contributed by atoms with Gasteiger partial charge in [-0.1, -0.05) is 33.1 Å². The van der Waals surface area contributed by atoms with E-state index in [9.17, 15) is 16.8 Å². The average Bonchev–Trinajstić information content (AvgIpc) is 2.56. The van der Waals surface area contributed by atoms with Crippen molar-refractivity contribution < 1.29 is 42.9 Å². The van der Waals surface area contributed by atoms with E-state index in [0.29, 0.717) is 19.4 Å². The van der Waals surface area contributed by atoms with Crippen LogP contribution in [0.5, 0.6) is 0 Å². The molecule has 0 aromatic carbocycles. The van der Waals surface area contributed by atoms with Crippen molar-refractivity contribution >= 4 is 20.2 Å². The molecule has 0 bridgehead atoms.